The molecule has 1 heterocycles. The van der Waals surface area contributed by atoms with E-state index in [4.69, 9.17) is 26.8 Å². The molecule has 10 heteroatoms. The lowest BCUT2D eigenvalue weighted by Crippen LogP contribution is -2.50. The van der Waals surface area contributed by atoms with Crippen molar-refractivity contribution >= 4 is 23.6 Å². The van der Waals surface area contributed by atoms with E-state index in [-0.39, 0.29) is 31.0 Å². The van der Waals surface area contributed by atoms with Gasteiger partial charge in [-0.2, -0.15) is 0 Å². The second kappa shape index (κ2) is 13.6. The number of nitrogens with one attached hydrogen (secondary N) is 1. The molecule has 1 saturated carbocycles. The van der Waals surface area contributed by atoms with Crippen LogP contribution in [0.1, 0.15) is 37.0 Å². The van der Waals surface area contributed by atoms with Crippen LogP contribution in [0.3, 0.4) is 0 Å². The van der Waals surface area contributed by atoms with Crippen molar-refractivity contribution in [2.24, 2.45) is 11.7 Å². The second-order valence-corrected chi connectivity index (χ2v) is 10.5. The monoisotopic (exact) mass is 559 g/mol. The fourth-order valence-electron chi connectivity index (χ4n) is 5.40. The number of amides is 2. The summed E-state index contributed by atoms with van der Waals surface area (Å²) in [6.45, 7) is 3.64. The van der Waals surface area contributed by atoms with E-state index in [0.29, 0.717) is 37.6 Å². The number of aliphatic hydroxyl groups excluding tert-OH is 1. The average Bonchev–Trinajstić information content (AvgIpc) is 3.30. The molecule has 5 atom stereocenters. The number of nitrogens with two attached hydrogens (primary N) is 1. The minimum atomic E-state index is -0.665. The highest BCUT2D eigenvalue weighted by Gasteiger charge is 2.40. The Morgan fingerprint density at radius 1 is 1.26 bits per heavy atom. The minimum absolute atomic E-state index is 0.0247. The second-order valence-electron chi connectivity index (χ2n) is 10.1. The molecule has 2 fully saturated rings. The van der Waals surface area contributed by atoms with Crippen molar-refractivity contribution in [3.05, 3.63) is 58.6 Å². The van der Waals surface area contributed by atoms with Crippen LogP contribution in [0.2, 0.25) is 5.02 Å². The van der Waals surface area contributed by atoms with Gasteiger partial charge in [-0.25, -0.2) is 4.79 Å². The van der Waals surface area contributed by atoms with Crippen LogP contribution >= 0.6 is 11.6 Å². The maximum absolute atomic E-state index is 13.4. The molecule has 4 rings (SSSR count). The van der Waals surface area contributed by atoms with Gasteiger partial charge in [0.1, 0.15) is 12.2 Å². The summed E-state index contributed by atoms with van der Waals surface area (Å²) in [6, 6.07) is 13.5. The number of alkyl carbamates (subject to hydrolysis) is 1. The van der Waals surface area contributed by atoms with Gasteiger partial charge in [0.25, 0.3) is 0 Å². The molecule has 2 amide bonds. The molecular weight excluding hydrogens is 522 g/mol. The maximum atomic E-state index is 13.4. The van der Waals surface area contributed by atoms with Crippen LogP contribution < -0.4 is 11.1 Å². The van der Waals surface area contributed by atoms with Gasteiger partial charge in [0, 0.05) is 42.2 Å². The lowest BCUT2D eigenvalue weighted by molar-refractivity contribution is -0.152. The number of nitrogens with zero attached hydrogens (tertiary/aromatic N) is 1. The standard InChI is InChI=1S/C29H38ClN3O6/c1-3-18-6-4-7-19(14-18)26-21(8-5-9-22(26)30)27(39-12-10-32-29(36)37-2)25-17-33(11-13-38-25)28(35)20-15-23(31)24(34)16-20/h4-9,14,20,23-25,27,34H,3,10-13,15-17,31H2,1-2H3,(H,32,36). The van der Waals surface area contributed by atoms with Gasteiger partial charge in [0.2, 0.25) is 5.91 Å². The largest absolute Gasteiger partial charge is 0.453 e. The Kier molecular flexibility index (Phi) is 10.2. The zero-order valence-corrected chi connectivity index (χ0v) is 23.2. The first-order chi connectivity index (χ1) is 18.8. The fraction of sp³-hybridized carbons (Fsp3) is 0.517. The number of rotatable bonds is 9. The zero-order chi connectivity index (χ0) is 27.9. The van der Waals surface area contributed by atoms with Gasteiger partial charge in [0.05, 0.1) is 26.4 Å². The molecule has 0 radical (unpaired) electrons. The lowest BCUT2D eigenvalue weighted by Gasteiger charge is -2.38. The highest BCUT2D eigenvalue weighted by molar-refractivity contribution is 6.33. The Hall–Kier alpha value is -2.69. The van der Waals surface area contributed by atoms with Gasteiger partial charge in [-0.3, -0.25) is 4.79 Å². The average molecular weight is 560 g/mol. The first kappa shape index (κ1) is 29.3. The number of aliphatic hydroxyl groups is 1. The SMILES string of the molecule is CCc1cccc(-c2c(Cl)cccc2C(OCCNC(=O)OC)C2CN(C(=O)C3CC(N)C(O)C3)CCO2)c1. The molecule has 9 nitrogen and oxygen atoms in total. The molecule has 0 aromatic heterocycles. The maximum Gasteiger partial charge on any atom is 0.406 e. The highest BCUT2D eigenvalue weighted by Crippen LogP contribution is 2.39. The van der Waals surface area contributed by atoms with Crippen LogP contribution in [0.15, 0.2) is 42.5 Å². The molecule has 39 heavy (non-hydrogen) atoms. The predicted molar refractivity (Wildman–Crippen MR) is 148 cm³/mol. The Labute approximate surface area is 234 Å². The molecule has 4 N–H and O–H groups in total. The number of halogens is 1. The number of aryl methyl sites for hydroxylation is 1. The Balaban J connectivity index is 1.62. The van der Waals surface area contributed by atoms with E-state index in [1.807, 2.05) is 30.3 Å². The number of carbonyl (C=O) groups is 2. The van der Waals surface area contributed by atoms with E-state index in [2.05, 4.69) is 29.1 Å². The van der Waals surface area contributed by atoms with Crippen LogP contribution in [0.4, 0.5) is 4.79 Å². The van der Waals surface area contributed by atoms with E-state index < -0.39 is 24.4 Å². The molecule has 5 unspecified atom stereocenters. The summed E-state index contributed by atoms with van der Waals surface area (Å²) in [5, 5.41) is 13.3. The summed E-state index contributed by atoms with van der Waals surface area (Å²) in [5.41, 5.74) is 9.81. The number of ether oxygens (including phenoxy) is 3. The fourth-order valence-corrected chi connectivity index (χ4v) is 5.70. The van der Waals surface area contributed by atoms with E-state index in [1.54, 1.807) is 4.90 Å². The molecule has 2 aromatic carbocycles. The van der Waals surface area contributed by atoms with Crippen molar-refractivity contribution in [2.45, 2.75) is 50.5 Å². The molecular formula is C29H38ClN3O6. The molecule has 0 bridgehead atoms. The summed E-state index contributed by atoms with van der Waals surface area (Å²) >= 11 is 6.79. The number of hydrogen-bond donors (Lipinski definition) is 3. The molecule has 1 aliphatic heterocycles. The van der Waals surface area contributed by atoms with Crippen LogP contribution in [0.25, 0.3) is 11.1 Å². The zero-order valence-electron chi connectivity index (χ0n) is 22.5. The summed E-state index contributed by atoms with van der Waals surface area (Å²) in [5.74, 6) is -0.334. The van der Waals surface area contributed by atoms with Gasteiger partial charge in [-0.15, -0.1) is 0 Å². The van der Waals surface area contributed by atoms with Gasteiger partial charge >= 0.3 is 6.09 Å². The van der Waals surface area contributed by atoms with E-state index in [0.717, 1.165) is 23.1 Å². The van der Waals surface area contributed by atoms with E-state index >= 15 is 0 Å². The van der Waals surface area contributed by atoms with Crippen LogP contribution in [0.5, 0.6) is 0 Å². The normalized spacial score (nSPS) is 23.9. The smallest absolute Gasteiger partial charge is 0.406 e. The summed E-state index contributed by atoms with van der Waals surface area (Å²) in [4.78, 5) is 26.7. The van der Waals surface area contributed by atoms with Gasteiger partial charge in [-0.1, -0.05) is 54.9 Å². The Morgan fingerprint density at radius 3 is 2.77 bits per heavy atom. The number of hydrogen-bond acceptors (Lipinski definition) is 7. The molecule has 2 aliphatic rings. The summed E-state index contributed by atoms with van der Waals surface area (Å²) in [6.07, 6.45) is -0.543. The molecule has 1 aliphatic carbocycles. The first-order valence-corrected chi connectivity index (χ1v) is 13.8. The van der Waals surface area contributed by atoms with Crippen molar-refractivity contribution in [1.82, 2.24) is 10.2 Å². The quantitative estimate of drug-likeness (QED) is 0.403. The van der Waals surface area contributed by atoms with Crippen molar-refractivity contribution < 1.29 is 28.9 Å². The number of carbonyl (C=O) groups excluding carboxylic acids is 2. The van der Waals surface area contributed by atoms with E-state index in [1.165, 1.54) is 12.7 Å². The number of morpholine rings is 1. The van der Waals surface area contributed by atoms with Crippen molar-refractivity contribution in [3.8, 4) is 11.1 Å². The predicted octanol–water partition coefficient (Wildman–Crippen LogP) is 3.31. The first-order valence-electron chi connectivity index (χ1n) is 13.5. The topological polar surface area (TPSA) is 123 Å². The number of benzene rings is 2. The molecule has 2 aromatic rings. The third-order valence-corrected chi connectivity index (χ3v) is 7.81. The summed E-state index contributed by atoms with van der Waals surface area (Å²) < 4.78 is 17.2. The van der Waals surface area contributed by atoms with Crippen LogP contribution in [-0.4, -0.2) is 80.2 Å². The van der Waals surface area contributed by atoms with Crippen molar-refractivity contribution in [1.29, 1.82) is 0 Å². The Bertz CT molecular complexity index is 1140. The lowest BCUT2D eigenvalue weighted by atomic mass is 9.91. The Morgan fingerprint density at radius 2 is 2.05 bits per heavy atom. The van der Waals surface area contributed by atoms with Gasteiger partial charge < -0.3 is 35.3 Å². The molecule has 212 valence electrons. The third-order valence-electron chi connectivity index (χ3n) is 7.50. The minimum Gasteiger partial charge on any atom is -0.453 e. The van der Waals surface area contributed by atoms with Crippen molar-refractivity contribution in [2.75, 3.05) is 40.0 Å². The highest BCUT2D eigenvalue weighted by atomic mass is 35.5. The van der Waals surface area contributed by atoms with Gasteiger partial charge in [-0.05, 0) is 42.0 Å². The van der Waals surface area contributed by atoms with Crippen LogP contribution in [0, 0.1) is 5.92 Å². The van der Waals surface area contributed by atoms with Crippen LogP contribution in [-0.2, 0) is 25.4 Å². The summed E-state index contributed by atoms with van der Waals surface area (Å²) in [7, 11) is 1.30. The molecule has 1 saturated heterocycles. The third kappa shape index (κ3) is 7.10. The van der Waals surface area contributed by atoms with Crippen molar-refractivity contribution in [3.63, 3.8) is 0 Å². The van der Waals surface area contributed by atoms with Gasteiger partial charge in [0.15, 0.2) is 0 Å². The van der Waals surface area contributed by atoms with E-state index in [9.17, 15) is 14.7 Å². The number of methoxy groups -OCH3 is 1. The molecule has 0 spiro atoms.